The summed E-state index contributed by atoms with van der Waals surface area (Å²) in [5, 5.41) is 0. The molecule has 3 heteroatoms. The highest BCUT2D eigenvalue weighted by Gasteiger charge is 2.04. The van der Waals surface area contributed by atoms with E-state index in [2.05, 4.69) is 66.8 Å². The standard InChI is InChI=1S/C17H25N2O/c1-14(2)20-17-8-7-16(12-15(17)3)6-5-9-19-11-10-18(4)13-19/h7-8,10-14H,5-6,9H2,1-4H3/q+1. The minimum absolute atomic E-state index is 0.231. The third-order valence-electron chi connectivity index (χ3n) is 3.31. The summed E-state index contributed by atoms with van der Waals surface area (Å²) in [6.07, 6.45) is 8.79. The van der Waals surface area contributed by atoms with Crippen molar-refractivity contribution in [2.24, 2.45) is 7.05 Å². The Morgan fingerprint density at radius 2 is 2.10 bits per heavy atom. The van der Waals surface area contributed by atoms with Crippen molar-refractivity contribution in [3.63, 3.8) is 0 Å². The average Bonchev–Trinajstić information content (AvgIpc) is 2.78. The molecule has 0 atom stereocenters. The van der Waals surface area contributed by atoms with Gasteiger partial charge in [-0.1, -0.05) is 12.1 Å². The Bertz CT molecular complexity index is 558. The molecular weight excluding hydrogens is 248 g/mol. The fourth-order valence-corrected chi connectivity index (χ4v) is 2.35. The Hall–Kier alpha value is -1.77. The molecule has 3 nitrogen and oxygen atoms in total. The van der Waals surface area contributed by atoms with Crippen LogP contribution in [0.5, 0.6) is 5.75 Å². The van der Waals surface area contributed by atoms with E-state index in [1.54, 1.807) is 0 Å². The van der Waals surface area contributed by atoms with Gasteiger partial charge in [0.05, 0.1) is 19.7 Å². The Labute approximate surface area is 121 Å². The summed E-state index contributed by atoms with van der Waals surface area (Å²) < 4.78 is 10.1. The average molecular weight is 273 g/mol. The summed E-state index contributed by atoms with van der Waals surface area (Å²) in [5.74, 6) is 1.00. The molecule has 0 radical (unpaired) electrons. The Balaban J connectivity index is 1.88. The molecule has 20 heavy (non-hydrogen) atoms. The summed E-state index contributed by atoms with van der Waals surface area (Å²) in [6.45, 7) is 7.30. The van der Waals surface area contributed by atoms with Gasteiger partial charge in [0.15, 0.2) is 0 Å². The van der Waals surface area contributed by atoms with Crippen LogP contribution in [0.1, 0.15) is 31.4 Å². The van der Waals surface area contributed by atoms with Crippen LogP contribution in [0.3, 0.4) is 0 Å². The van der Waals surface area contributed by atoms with Gasteiger partial charge in [-0.2, -0.15) is 0 Å². The second kappa shape index (κ2) is 6.60. The van der Waals surface area contributed by atoms with Crippen molar-refractivity contribution in [1.82, 2.24) is 4.57 Å². The van der Waals surface area contributed by atoms with Gasteiger partial charge in [-0.15, -0.1) is 0 Å². The number of rotatable bonds is 6. The lowest BCUT2D eigenvalue weighted by molar-refractivity contribution is -0.671. The monoisotopic (exact) mass is 273 g/mol. The van der Waals surface area contributed by atoms with E-state index in [0.717, 1.165) is 25.1 Å². The predicted octanol–water partition coefficient (Wildman–Crippen LogP) is 3.04. The molecule has 0 amide bonds. The lowest BCUT2D eigenvalue weighted by atomic mass is 10.1. The molecule has 1 heterocycles. The molecule has 0 unspecified atom stereocenters. The normalized spacial score (nSPS) is 11.1. The zero-order valence-corrected chi connectivity index (χ0v) is 13.0. The second-order valence-corrected chi connectivity index (χ2v) is 5.69. The second-order valence-electron chi connectivity index (χ2n) is 5.69. The van der Waals surface area contributed by atoms with E-state index in [1.165, 1.54) is 11.1 Å². The van der Waals surface area contributed by atoms with Crippen LogP contribution < -0.4 is 9.30 Å². The summed E-state index contributed by atoms with van der Waals surface area (Å²) in [5.41, 5.74) is 2.61. The van der Waals surface area contributed by atoms with Crippen LogP contribution in [0.25, 0.3) is 0 Å². The summed E-state index contributed by atoms with van der Waals surface area (Å²) in [7, 11) is 2.05. The van der Waals surface area contributed by atoms with E-state index >= 15 is 0 Å². The molecule has 0 aliphatic carbocycles. The number of imidazole rings is 1. The molecule has 108 valence electrons. The predicted molar refractivity (Wildman–Crippen MR) is 80.9 cm³/mol. The first-order valence-electron chi connectivity index (χ1n) is 7.32. The van der Waals surface area contributed by atoms with Gasteiger partial charge in [-0.3, -0.25) is 0 Å². The number of hydrogen-bond donors (Lipinski definition) is 0. The van der Waals surface area contributed by atoms with Gasteiger partial charge < -0.3 is 4.74 Å². The molecule has 1 aromatic carbocycles. The quantitative estimate of drug-likeness (QED) is 0.740. The smallest absolute Gasteiger partial charge is 0.243 e. The molecule has 0 bridgehead atoms. The van der Waals surface area contributed by atoms with E-state index in [4.69, 9.17) is 4.74 Å². The first kappa shape index (κ1) is 14.6. The summed E-state index contributed by atoms with van der Waals surface area (Å²) >= 11 is 0. The van der Waals surface area contributed by atoms with Gasteiger partial charge >= 0.3 is 0 Å². The van der Waals surface area contributed by atoms with Crippen molar-refractivity contribution in [3.05, 3.63) is 48.0 Å². The topological polar surface area (TPSA) is 18.0 Å². The number of nitrogens with zero attached hydrogens (tertiary/aromatic N) is 2. The van der Waals surface area contributed by atoms with Gasteiger partial charge in [0.2, 0.25) is 6.33 Å². The van der Waals surface area contributed by atoms with E-state index in [9.17, 15) is 0 Å². The molecule has 0 saturated heterocycles. The van der Waals surface area contributed by atoms with Crippen LogP contribution >= 0.6 is 0 Å². The highest BCUT2D eigenvalue weighted by atomic mass is 16.5. The lowest BCUT2D eigenvalue weighted by Gasteiger charge is -2.13. The first-order valence-corrected chi connectivity index (χ1v) is 7.32. The fraction of sp³-hybridized carbons (Fsp3) is 0.471. The van der Waals surface area contributed by atoms with Crippen LogP contribution in [-0.4, -0.2) is 10.7 Å². The van der Waals surface area contributed by atoms with Crippen molar-refractivity contribution in [2.45, 2.75) is 46.3 Å². The lowest BCUT2D eigenvalue weighted by Crippen LogP contribution is -2.23. The summed E-state index contributed by atoms with van der Waals surface area (Å²) in [6, 6.07) is 6.52. The van der Waals surface area contributed by atoms with Crippen LogP contribution in [0.2, 0.25) is 0 Å². The maximum Gasteiger partial charge on any atom is 0.243 e. The fourth-order valence-electron chi connectivity index (χ4n) is 2.35. The zero-order chi connectivity index (χ0) is 14.5. The van der Waals surface area contributed by atoms with Gasteiger partial charge in [-0.25, -0.2) is 9.13 Å². The molecule has 0 spiro atoms. The van der Waals surface area contributed by atoms with E-state index in [1.807, 2.05) is 7.05 Å². The summed E-state index contributed by atoms with van der Waals surface area (Å²) in [4.78, 5) is 0. The SMILES string of the molecule is Cc1cc(CCCn2cc[n+](C)c2)ccc1OC(C)C. The number of hydrogen-bond acceptors (Lipinski definition) is 1. The third-order valence-corrected chi connectivity index (χ3v) is 3.31. The molecule has 0 saturated carbocycles. The molecule has 0 aliphatic heterocycles. The Kier molecular flexibility index (Phi) is 4.83. The highest BCUT2D eigenvalue weighted by molar-refractivity contribution is 5.36. The Morgan fingerprint density at radius 3 is 2.70 bits per heavy atom. The zero-order valence-electron chi connectivity index (χ0n) is 13.0. The molecule has 2 rings (SSSR count). The molecule has 0 aliphatic rings. The Morgan fingerprint density at radius 1 is 1.30 bits per heavy atom. The van der Waals surface area contributed by atoms with Crippen molar-refractivity contribution in [3.8, 4) is 5.75 Å². The highest BCUT2D eigenvalue weighted by Crippen LogP contribution is 2.21. The number of aryl methyl sites for hydroxylation is 4. The minimum atomic E-state index is 0.231. The minimum Gasteiger partial charge on any atom is -0.491 e. The largest absolute Gasteiger partial charge is 0.491 e. The van der Waals surface area contributed by atoms with E-state index in [0.29, 0.717) is 0 Å². The van der Waals surface area contributed by atoms with E-state index < -0.39 is 0 Å². The molecule has 1 aromatic heterocycles. The molecule has 0 N–H and O–H groups in total. The maximum absolute atomic E-state index is 5.77. The maximum atomic E-state index is 5.77. The number of aromatic nitrogens is 2. The van der Waals surface area contributed by atoms with Crippen molar-refractivity contribution < 1.29 is 9.30 Å². The third kappa shape index (κ3) is 4.12. The number of ether oxygens (including phenoxy) is 1. The van der Waals surface area contributed by atoms with Gasteiger partial charge in [0, 0.05) is 0 Å². The van der Waals surface area contributed by atoms with Gasteiger partial charge in [0.25, 0.3) is 0 Å². The van der Waals surface area contributed by atoms with Crippen LogP contribution in [0.15, 0.2) is 36.9 Å². The van der Waals surface area contributed by atoms with Crippen LogP contribution in [0.4, 0.5) is 0 Å². The van der Waals surface area contributed by atoms with Crippen molar-refractivity contribution in [2.75, 3.05) is 0 Å². The van der Waals surface area contributed by atoms with Crippen LogP contribution in [-0.2, 0) is 20.0 Å². The van der Waals surface area contributed by atoms with Crippen LogP contribution in [0, 0.1) is 6.92 Å². The van der Waals surface area contributed by atoms with Gasteiger partial charge in [0.1, 0.15) is 18.1 Å². The first-order chi connectivity index (χ1) is 9.54. The molecular formula is C17H25N2O+. The van der Waals surface area contributed by atoms with Gasteiger partial charge in [-0.05, 0) is 50.8 Å². The number of benzene rings is 1. The molecule has 2 aromatic rings. The van der Waals surface area contributed by atoms with Crippen molar-refractivity contribution >= 4 is 0 Å². The molecule has 0 fully saturated rings. The van der Waals surface area contributed by atoms with E-state index in [-0.39, 0.29) is 6.10 Å². The van der Waals surface area contributed by atoms with Crippen molar-refractivity contribution in [1.29, 1.82) is 0 Å².